The van der Waals surface area contributed by atoms with Gasteiger partial charge in [-0.2, -0.15) is 0 Å². The second-order valence-electron chi connectivity index (χ2n) is 9.80. The van der Waals surface area contributed by atoms with Crippen molar-refractivity contribution in [1.29, 1.82) is 0 Å². The van der Waals surface area contributed by atoms with Crippen LogP contribution in [-0.2, 0) is 9.59 Å². The van der Waals surface area contributed by atoms with Crippen molar-refractivity contribution in [2.45, 2.75) is 59.3 Å². The second-order valence-corrected chi connectivity index (χ2v) is 10.7. The predicted molar refractivity (Wildman–Crippen MR) is 110 cm³/mol. The fourth-order valence-electron chi connectivity index (χ4n) is 4.75. The van der Waals surface area contributed by atoms with Gasteiger partial charge in [-0.1, -0.05) is 43.6 Å². The van der Waals surface area contributed by atoms with Gasteiger partial charge < -0.3 is 9.84 Å². The second kappa shape index (κ2) is 6.31. The molecule has 1 aromatic rings. The number of fused-ring (bicyclic) bond motifs is 1. The van der Waals surface area contributed by atoms with E-state index in [-0.39, 0.29) is 28.2 Å². The number of halogens is 1. The predicted octanol–water partition coefficient (Wildman–Crippen LogP) is 5.77. The number of aliphatic hydroxyl groups excluding tert-OH is 1. The summed E-state index contributed by atoms with van der Waals surface area (Å²) in [4.78, 5) is 26.3. The Labute approximate surface area is 173 Å². The topological polar surface area (TPSA) is 63.6 Å². The Morgan fingerprint density at radius 2 is 1.57 bits per heavy atom. The van der Waals surface area contributed by atoms with Crippen molar-refractivity contribution in [3.8, 4) is 5.75 Å². The number of ether oxygens (including phenoxy) is 1. The Balaban J connectivity index is 1.95. The number of rotatable bonds is 1. The number of allylic oxidation sites excluding steroid dienone is 4. The highest BCUT2D eigenvalue weighted by Crippen LogP contribution is 2.53. The third-order valence-electron chi connectivity index (χ3n) is 5.87. The molecule has 0 aromatic heterocycles. The highest BCUT2D eigenvalue weighted by Gasteiger charge is 2.46. The largest absolute Gasteiger partial charge is 0.512 e. The Morgan fingerprint density at radius 1 is 0.964 bits per heavy atom. The van der Waals surface area contributed by atoms with Gasteiger partial charge in [0.25, 0.3) is 0 Å². The van der Waals surface area contributed by atoms with Gasteiger partial charge in [0, 0.05) is 46.9 Å². The number of hydrogen-bond donors (Lipinski definition) is 1. The minimum atomic E-state index is -0.566. The van der Waals surface area contributed by atoms with Gasteiger partial charge in [-0.3, -0.25) is 9.59 Å². The van der Waals surface area contributed by atoms with Crippen molar-refractivity contribution >= 4 is 27.5 Å². The average Bonchev–Trinajstić information content (AvgIpc) is 2.51. The molecule has 1 atom stereocenters. The SMILES string of the molecule is CC1(C)CC(=O)C([C@H]2C3=C(CC(C)(C)CC3=O)Oc3ccc(Br)cc32)=C(O)C1. The summed E-state index contributed by atoms with van der Waals surface area (Å²) in [6.07, 6.45) is 1.82. The van der Waals surface area contributed by atoms with E-state index in [2.05, 4.69) is 29.8 Å². The van der Waals surface area contributed by atoms with Crippen molar-refractivity contribution in [2.24, 2.45) is 10.8 Å². The van der Waals surface area contributed by atoms with Gasteiger partial charge in [-0.25, -0.2) is 0 Å². The molecule has 1 aromatic carbocycles. The fourth-order valence-corrected chi connectivity index (χ4v) is 5.12. The van der Waals surface area contributed by atoms with E-state index >= 15 is 0 Å². The third kappa shape index (κ3) is 3.24. The normalized spacial score (nSPS) is 26.0. The molecule has 3 aliphatic rings. The van der Waals surface area contributed by atoms with Crippen LogP contribution in [0.1, 0.15) is 64.9 Å². The fraction of sp³-hybridized carbons (Fsp3) is 0.478. The first-order chi connectivity index (χ1) is 13.0. The molecule has 1 heterocycles. The quantitative estimate of drug-likeness (QED) is 0.596. The molecule has 4 nitrogen and oxygen atoms in total. The molecule has 0 unspecified atom stereocenters. The van der Waals surface area contributed by atoms with Crippen molar-refractivity contribution < 1.29 is 19.4 Å². The van der Waals surface area contributed by atoms with Crippen LogP contribution >= 0.6 is 15.9 Å². The van der Waals surface area contributed by atoms with E-state index < -0.39 is 5.92 Å². The first-order valence-corrected chi connectivity index (χ1v) is 10.5. The van der Waals surface area contributed by atoms with E-state index in [0.717, 1.165) is 10.0 Å². The highest BCUT2D eigenvalue weighted by atomic mass is 79.9. The van der Waals surface area contributed by atoms with Gasteiger partial charge in [0.05, 0.1) is 5.92 Å². The van der Waals surface area contributed by atoms with E-state index in [4.69, 9.17) is 4.74 Å². The summed E-state index contributed by atoms with van der Waals surface area (Å²) in [6, 6.07) is 5.64. The van der Waals surface area contributed by atoms with Crippen LogP contribution in [0, 0.1) is 10.8 Å². The number of hydrogen-bond acceptors (Lipinski definition) is 4. The Bertz CT molecular complexity index is 965. The molecule has 5 heteroatoms. The number of benzene rings is 1. The van der Waals surface area contributed by atoms with Gasteiger partial charge in [-0.15, -0.1) is 0 Å². The maximum Gasteiger partial charge on any atom is 0.163 e. The number of carbonyl (C=O) groups is 2. The van der Waals surface area contributed by atoms with E-state index in [0.29, 0.717) is 48.3 Å². The highest BCUT2D eigenvalue weighted by molar-refractivity contribution is 9.10. The average molecular weight is 445 g/mol. The van der Waals surface area contributed by atoms with E-state index in [1.807, 2.05) is 32.0 Å². The Morgan fingerprint density at radius 3 is 2.21 bits per heavy atom. The minimum absolute atomic E-state index is 0.000177. The first-order valence-electron chi connectivity index (χ1n) is 9.66. The maximum atomic E-state index is 13.2. The smallest absolute Gasteiger partial charge is 0.163 e. The van der Waals surface area contributed by atoms with Gasteiger partial charge >= 0.3 is 0 Å². The lowest BCUT2D eigenvalue weighted by atomic mass is 9.66. The van der Waals surface area contributed by atoms with Crippen LogP contribution in [0.4, 0.5) is 0 Å². The summed E-state index contributed by atoms with van der Waals surface area (Å²) in [5.41, 5.74) is 1.19. The molecule has 4 rings (SSSR count). The molecule has 0 saturated heterocycles. The zero-order chi connectivity index (χ0) is 20.4. The zero-order valence-corrected chi connectivity index (χ0v) is 18.3. The van der Waals surface area contributed by atoms with Gasteiger partial charge in [-0.05, 0) is 29.0 Å². The number of ketones is 2. The molecule has 0 spiro atoms. The van der Waals surface area contributed by atoms with Crippen molar-refractivity contribution in [3.05, 3.63) is 50.9 Å². The molecule has 0 fully saturated rings. The molecule has 1 aliphatic heterocycles. The summed E-state index contributed by atoms with van der Waals surface area (Å²) >= 11 is 3.49. The molecule has 0 saturated carbocycles. The van der Waals surface area contributed by atoms with E-state index in [1.54, 1.807) is 0 Å². The summed E-state index contributed by atoms with van der Waals surface area (Å²) in [5.74, 6) is 0.734. The van der Waals surface area contributed by atoms with E-state index in [9.17, 15) is 14.7 Å². The number of carbonyl (C=O) groups excluding carboxylic acids is 2. The Hall–Kier alpha value is -1.88. The van der Waals surface area contributed by atoms with Crippen LogP contribution in [0.15, 0.2) is 45.3 Å². The molecular formula is C23H25BrO4. The summed E-state index contributed by atoms with van der Waals surface area (Å²) < 4.78 is 7.00. The molecule has 0 bridgehead atoms. The summed E-state index contributed by atoms with van der Waals surface area (Å²) in [6.45, 7) is 8.06. The van der Waals surface area contributed by atoms with E-state index in [1.165, 1.54) is 0 Å². The van der Waals surface area contributed by atoms with Crippen molar-refractivity contribution in [2.75, 3.05) is 0 Å². The van der Waals surface area contributed by atoms with Crippen LogP contribution < -0.4 is 4.74 Å². The lowest BCUT2D eigenvalue weighted by Crippen LogP contribution is -2.36. The molecular weight excluding hydrogens is 420 g/mol. The molecule has 2 aliphatic carbocycles. The van der Waals surface area contributed by atoms with Crippen LogP contribution in [0.5, 0.6) is 5.75 Å². The summed E-state index contributed by atoms with van der Waals surface area (Å²) in [7, 11) is 0. The summed E-state index contributed by atoms with van der Waals surface area (Å²) in [5, 5.41) is 10.9. The Kier molecular flexibility index (Phi) is 4.38. The molecule has 0 amide bonds. The van der Waals surface area contributed by atoms with Crippen molar-refractivity contribution in [3.63, 3.8) is 0 Å². The van der Waals surface area contributed by atoms with Crippen molar-refractivity contribution in [1.82, 2.24) is 0 Å². The lowest BCUT2D eigenvalue weighted by molar-refractivity contribution is -0.119. The van der Waals surface area contributed by atoms with Gasteiger partial charge in [0.2, 0.25) is 0 Å². The monoisotopic (exact) mass is 444 g/mol. The molecule has 148 valence electrons. The molecule has 1 N–H and O–H groups in total. The van der Waals surface area contributed by atoms with Crippen LogP contribution in [-0.4, -0.2) is 16.7 Å². The number of aliphatic hydroxyl groups is 1. The standard InChI is InChI=1S/C23H25BrO4/c1-22(2)8-14(25)20(15(26)9-22)19-13-7-12(24)5-6-17(13)28-18-11-23(3,4)10-16(27)21(18)19/h5-7,19,25H,8-11H2,1-4H3/t19-/m0/s1. The van der Waals surface area contributed by atoms with Crippen LogP contribution in [0.25, 0.3) is 0 Å². The lowest BCUT2D eigenvalue weighted by Gasteiger charge is -2.40. The molecule has 28 heavy (non-hydrogen) atoms. The molecule has 0 radical (unpaired) electrons. The zero-order valence-electron chi connectivity index (χ0n) is 16.7. The van der Waals surface area contributed by atoms with Crippen LogP contribution in [0.3, 0.4) is 0 Å². The maximum absolute atomic E-state index is 13.2. The third-order valence-corrected chi connectivity index (χ3v) is 6.36. The van der Waals surface area contributed by atoms with Gasteiger partial charge in [0.15, 0.2) is 11.6 Å². The van der Waals surface area contributed by atoms with Crippen LogP contribution in [0.2, 0.25) is 0 Å². The number of Topliss-reactive ketones (excluding diaryl/α,β-unsaturated/α-hetero) is 2. The van der Waals surface area contributed by atoms with Gasteiger partial charge in [0.1, 0.15) is 17.3 Å². The minimum Gasteiger partial charge on any atom is -0.512 e. The first kappa shape index (κ1) is 19.4.